The lowest BCUT2D eigenvalue weighted by Crippen LogP contribution is -2.17. The van der Waals surface area contributed by atoms with Crippen molar-refractivity contribution in [3.05, 3.63) is 52.3 Å². The van der Waals surface area contributed by atoms with Crippen LogP contribution in [0.2, 0.25) is 5.02 Å². The quantitative estimate of drug-likeness (QED) is 0.745. The first-order valence-electron chi connectivity index (χ1n) is 7.60. The van der Waals surface area contributed by atoms with Gasteiger partial charge in [0.25, 0.3) is 5.91 Å². The highest BCUT2D eigenvalue weighted by Crippen LogP contribution is 2.27. The summed E-state index contributed by atoms with van der Waals surface area (Å²) in [6.45, 7) is 0. The number of nitrogen functional groups attached to an aromatic ring is 1. The average molecular weight is 327 g/mol. The molecule has 0 fully saturated rings. The van der Waals surface area contributed by atoms with Crippen LogP contribution < -0.4 is 5.73 Å². The highest BCUT2D eigenvalue weighted by atomic mass is 35.5. The van der Waals surface area contributed by atoms with E-state index in [-0.39, 0.29) is 5.91 Å². The SMILES string of the molecule is Nc1c2c(nn1C(=O)c1ccnc3cc(Cl)ccc13)CCCC2. The molecular weight excluding hydrogens is 312 g/mol. The van der Waals surface area contributed by atoms with E-state index in [1.165, 1.54) is 4.68 Å². The topological polar surface area (TPSA) is 73.8 Å². The molecule has 2 heterocycles. The van der Waals surface area contributed by atoms with Crippen molar-refractivity contribution in [3.63, 3.8) is 0 Å². The van der Waals surface area contributed by atoms with Crippen LogP contribution in [0.15, 0.2) is 30.5 Å². The number of carbonyl (C=O) groups excluding carboxylic acids is 1. The lowest BCUT2D eigenvalue weighted by Gasteiger charge is -2.08. The summed E-state index contributed by atoms with van der Waals surface area (Å²) in [6.07, 6.45) is 5.56. The molecule has 0 saturated carbocycles. The van der Waals surface area contributed by atoms with Gasteiger partial charge in [0, 0.05) is 22.2 Å². The van der Waals surface area contributed by atoms with Crippen molar-refractivity contribution < 1.29 is 4.79 Å². The lowest BCUT2D eigenvalue weighted by atomic mass is 9.98. The van der Waals surface area contributed by atoms with E-state index in [9.17, 15) is 4.79 Å². The monoisotopic (exact) mass is 326 g/mol. The molecule has 0 spiro atoms. The number of aryl methyl sites for hydroxylation is 1. The van der Waals surface area contributed by atoms with Gasteiger partial charge in [0.2, 0.25) is 0 Å². The zero-order valence-corrected chi connectivity index (χ0v) is 13.2. The predicted molar refractivity (Wildman–Crippen MR) is 89.8 cm³/mol. The van der Waals surface area contributed by atoms with Gasteiger partial charge >= 0.3 is 0 Å². The predicted octanol–water partition coefficient (Wildman–Crippen LogP) is 3.23. The Balaban J connectivity index is 1.85. The molecule has 0 bridgehead atoms. The van der Waals surface area contributed by atoms with Crippen LogP contribution in [0.3, 0.4) is 0 Å². The van der Waals surface area contributed by atoms with Crippen LogP contribution in [-0.4, -0.2) is 20.7 Å². The standard InChI is InChI=1S/C17H15ClN4O/c18-10-5-6-11-12(7-8-20-15(11)9-10)17(23)22-16(19)13-3-1-2-4-14(13)21-22/h5-9H,1-4,19H2. The van der Waals surface area contributed by atoms with Gasteiger partial charge in [-0.25, -0.2) is 0 Å². The number of rotatable bonds is 1. The third-order valence-corrected chi connectivity index (χ3v) is 4.56. The van der Waals surface area contributed by atoms with Crippen LogP contribution in [0.1, 0.15) is 34.5 Å². The summed E-state index contributed by atoms with van der Waals surface area (Å²) < 4.78 is 1.33. The lowest BCUT2D eigenvalue weighted by molar-refractivity contribution is 0.0949. The highest BCUT2D eigenvalue weighted by molar-refractivity contribution is 6.31. The number of halogens is 1. The summed E-state index contributed by atoms with van der Waals surface area (Å²) in [7, 11) is 0. The van der Waals surface area contributed by atoms with Crippen LogP contribution in [0, 0.1) is 0 Å². The van der Waals surface area contributed by atoms with Crippen molar-refractivity contribution in [1.82, 2.24) is 14.8 Å². The van der Waals surface area contributed by atoms with E-state index in [4.69, 9.17) is 17.3 Å². The Morgan fingerprint density at radius 1 is 1.22 bits per heavy atom. The second kappa shape index (κ2) is 5.35. The third-order valence-electron chi connectivity index (χ3n) is 4.32. The summed E-state index contributed by atoms with van der Waals surface area (Å²) in [5.41, 5.74) is 9.35. The van der Waals surface area contributed by atoms with E-state index in [2.05, 4.69) is 10.1 Å². The smallest absolute Gasteiger partial charge is 0.280 e. The molecule has 1 aromatic carbocycles. The van der Waals surface area contributed by atoms with Gasteiger partial charge in [-0.1, -0.05) is 17.7 Å². The van der Waals surface area contributed by atoms with E-state index < -0.39 is 0 Å². The Morgan fingerprint density at radius 2 is 2.04 bits per heavy atom. The molecule has 0 unspecified atom stereocenters. The van der Waals surface area contributed by atoms with Crippen molar-refractivity contribution in [2.45, 2.75) is 25.7 Å². The van der Waals surface area contributed by atoms with Gasteiger partial charge in [0.05, 0.1) is 16.8 Å². The summed E-state index contributed by atoms with van der Waals surface area (Å²) in [6, 6.07) is 6.99. The van der Waals surface area contributed by atoms with Crippen molar-refractivity contribution in [2.75, 3.05) is 5.73 Å². The molecule has 0 saturated heterocycles. The fourth-order valence-electron chi connectivity index (χ4n) is 3.15. The third kappa shape index (κ3) is 2.28. The first-order chi connectivity index (χ1) is 11.1. The highest BCUT2D eigenvalue weighted by Gasteiger charge is 2.23. The van der Waals surface area contributed by atoms with Gasteiger partial charge in [0.1, 0.15) is 5.82 Å². The average Bonchev–Trinajstić information content (AvgIpc) is 2.91. The zero-order valence-electron chi connectivity index (χ0n) is 12.4. The van der Waals surface area contributed by atoms with Crippen molar-refractivity contribution in [1.29, 1.82) is 0 Å². The van der Waals surface area contributed by atoms with Crippen LogP contribution in [0.25, 0.3) is 10.9 Å². The molecule has 116 valence electrons. The molecule has 5 nitrogen and oxygen atoms in total. The number of benzene rings is 1. The Labute approximate surface area is 138 Å². The molecule has 4 rings (SSSR count). The van der Waals surface area contributed by atoms with Gasteiger partial charge in [-0.15, -0.1) is 0 Å². The molecule has 1 aliphatic carbocycles. The van der Waals surface area contributed by atoms with Gasteiger partial charge in [0.15, 0.2) is 0 Å². The fourth-order valence-corrected chi connectivity index (χ4v) is 3.32. The van der Waals surface area contributed by atoms with Crippen LogP contribution >= 0.6 is 11.6 Å². The van der Waals surface area contributed by atoms with E-state index in [0.717, 1.165) is 42.3 Å². The molecule has 0 aliphatic heterocycles. The van der Waals surface area contributed by atoms with Gasteiger partial charge < -0.3 is 5.73 Å². The molecule has 0 atom stereocenters. The fraction of sp³-hybridized carbons (Fsp3) is 0.235. The molecule has 0 amide bonds. The number of hydrogen-bond acceptors (Lipinski definition) is 4. The summed E-state index contributed by atoms with van der Waals surface area (Å²) in [5, 5.41) is 5.78. The Kier molecular flexibility index (Phi) is 3.31. The van der Waals surface area contributed by atoms with Gasteiger partial charge in [-0.3, -0.25) is 9.78 Å². The van der Waals surface area contributed by atoms with Crippen LogP contribution in [0.4, 0.5) is 5.82 Å². The van der Waals surface area contributed by atoms with Gasteiger partial charge in [-0.2, -0.15) is 9.78 Å². The molecule has 3 aromatic rings. The largest absolute Gasteiger partial charge is 0.383 e. The first kappa shape index (κ1) is 14.2. The minimum atomic E-state index is -0.230. The summed E-state index contributed by atoms with van der Waals surface area (Å²) >= 11 is 6.00. The maximum absolute atomic E-state index is 12.9. The van der Waals surface area contributed by atoms with Crippen molar-refractivity contribution in [3.8, 4) is 0 Å². The molecule has 6 heteroatoms. The molecule has 23 heavy (non-hydrogen) atoms. The van der Waals surface area contributed by atoms with E-state index in [1.807, 2.05) is 0 Å². The van der Waals surface area contributed by atoms with Crippen molar-refractivity contribution >= 4 is 34.2 Å². The second-order valence-electron chi connectivity index (χ2n) is 5.75. The number of pyridine rings is 1. The Morgan fingerprint density at radius 3 is 2.87 bits per heavy atom. The molecule has 2 N–H and O–H groups in total. The van der Waals surface area contributed by atoms with Gasteiger partial charge in [-0.05, 0) is 43.9 Å². The van der Waals surface area contributed by atoms with Crippen LogP contribution in [0.5, 0.6) is 0 Å². The van der Waals surface area contributed by atoms with E-state index >= 15 is 0 Å². The maximum Gasteiger partial charge on any atom is 0.280 e. The number of nitrogens with zero attached hydrogens (tertiary/aromatic N) is 3. The van der Waals surface area contributed by atoms with E-state index in [1.54, 1.807) is 30.5 Å². The van der Waals surface area contributed by atoms with Crippen LogP contribution in [-0.2, 0) is 12.8 Å². The number of carbonyl (C=O) groups is 1. The minimum Gasteiger partial charge on any atom is -0.383 e. The Bertz CT molecular complexity index is 932. The minimum absolute atomic E-state index is 0.230. The summed E-state index contributed by atoms with van der Waals surface area (Å²) in [5.74, 6) is 0.232. The normalized spacial score (nSPS) is 14.0. The van der Waals surface area contributed by atoms with Crippen molar-refractivity contribution in [2.24, 2.45) is 0 Å². The number of aromatic nitrogens is 3. The first-order valence-corrected chi connectivity index (χ1v) is 7.98. The summed E-state index contributed by atoms with van der Waals surface area (Å²) in [4.78, 5) is 17.2. The molecule has 0 radical (unpaired) electrons. The number of hydrogen-bond donors (Lipinski definition) is 1. The molecule has 1 aliphatic rings. The number of nitrogens with two attached hydrogens (primary N) is 1. The maximum atomic E-state index is 12.9. The second-order valence-corrected chi connectivity index (χ2v) is 6.19. The van der Waals surface area contributed by atoms with E-state index in [0.29, 0.717) is 21.9 Å². The Hall–Kier alpha value is -2.40. The number of anilines is 1. The number of fused-ring (bicyclic) bond motifs is 2. The molecule has 2 aromatic heterocycles. The molecular formula is C17H15ClN4O. The zero-order chi connectivity index (χ0) is 16.0.